The lowest BCUT2D eigenvalue weighted by molar-refractivity contribution is 0.508. The molecule has 0 aliphatic carbocycles. The molecule has 0 saturated carbocycles. The van der Waals surface area contributed by atoms with E-state index < -0.39 is 0 Å². The number of aromatic nitrogens is 2. The fourth-order valence-corrected chi connectivity index (χ4v) is 2.07. The number of rotatable bonds is 1. The van der Waals surface area contributed by atoms with Gasteiger partial charge in [-0.15, -0.1) is 0 Å². The van der Waals surface area contributed by atoms with Gasteiger partial charge in [0, 0.05) is 0 Å². The lowest BCUT2D eigenvalue weighted by Crippen LogP contribution is -2.04. The molecule has 1 unspecified atom stereocenters. The summed E-state index contributed by atoms with van der Waals surface area (Å²) in [6.45, 7) is 4.36. The van der Waals surface area contributed by atoms with Crippen LogP contribution >= 0.6 is 0 Å². The Morgan fingerprint density at radius 1 is 1.27 bits per heavy atom. The molecule has 3 rings (SSSR count). The van der Waals surface area contributed by atoms with E-state index in [1.54, 1.807) is 0 Å². The van der Waals surface area contributed by atoms with Crippen LogP contribution in [0.1, 0.15) is 25.7 Å². The summed E-state index contributed by atoms with van der Waals surface area (Å²) in [5, 5.41) is 0. The fraction of sp³-hybridized carbons (Fsp3) is 0.333. The average Bonchev–Trinajstić information content (AvgIpc) is 2.74. The molecule has 1 aliphatic heterocycles. The Hall–Kier alpha value is -1.64. The minimum atomic E-state index is 0.220. The number of imidazole rings is 1. The zero-order chi connectivity index (χ0) is 10.4. The Morgan fingerprint density at radius 2 is 2.07 bits per heavy atom. The van der Waals surface area contributed by atoms with Gasteiger partial charge in [-0.2, -0.15) is 0 Å². The highest BCUT2D eigenvalue weighted by Crippen LogP contribution is 2.31. The largest absolute Gasteiger partial charge is 0.285 e. The summed E-state index contributed by atoms with van der Waals surface area (Å²) in [7, 11) is 0. The summed E-state index contributed by atoms with van der Waals surface area (Å²) in [5.74, 6) is 1.57. The van der Waals surface area contributed by atoms with Gasteiger partial charge in [0.15, 0.2) is 0 Å². The van der Waals surface area contributed by atoms with Crippen molar-refractivity contribution in [1.29, 1.82) is 0 Å². The lowest BCUT2D eigenvalue weighted by Gasteiger charge is -2.09. The van der Waals surface area contributed by atoms with E-state index >= 15 is 0 Å². The molecule has 0 N–H and O–H groups in total. The van der Waals surface area contributed by atoms with Gasteiger partial charge in [0.05, 0.1) is 17.4 Å². The summed E-state index contributed by atoms with van der Waals surface area (Å²) in [5.41, 5.74) is 2.21. The minimum Gasteiger partial charge on any atom is -0.285 e. The molecule has 3 nitrogen and oxygen atoms in total. The van der Waals surface area contributed by atoms with Crippen molar-refractivity contribution in [1.82, 2.24) is 9.55 Å². The van der Waals surface area contributed by atoms with E-state index in [1.807, 2.05) is 24.5 Å². The molecule has 1 aromatic carbocycles. The van der Waals surface area contributed by atoms with Crippen molar-refractivity contribution in [2.24, 2.45) is 10.9 Å². The molecule has 0 radical (unpaired) electrons. The smallest absolute Gasteiger partial charge is 0.140 e. The van der Waals surface area contributed by atoms with Crippen LogP contribution in [-0.4, -0.2) is 15.9 Å². The second-order valence-electron chi connectivity index (χ2n) is 4.28. The van der Waals surface area contributed by atoms with Crippen molar-refractivity contribution in [2.75, 3.05) is 0 Å². The molecule has 1 aromatic heterocycles. The predicted octanol–water partition coefficient (Wildman–Crippen LogP) is 2.62. The Labute approximate surface area is 88.5 Å². The Kier molecular flexibility index (Phi) is 1.69. The van der Waals surface area contributed by atoms with Gasteiger partial charge in [0.25, 0.3) is 0 Å². The SMILES string of the molecule is CC(C)C1N=Cn2c1nc1ccccc12. The van der Waals surface area contributed by atoms with E-state index in [2.05, 4.69) is 34.5 Å². The molecule has 1 aliphatic rings. The molecule has 0 spiro atoms. The number of para-hydroxylation sites is 2. The predicted molar refractivity (Wildman–Crippen MR) is 61.2 cm³/mol. The maximum Gasteiger partial charge on any atom is 0.140 e. The van der Waals surface area contributed by atoms with Gasteiger partial charge in [-0.3, -0.25) is 9.56 Å². The maximum absolute atomic E-state index is 4.63. The van der Waals surface area contributed by atoms with Gasteiger partial charge in [0.2, 0.25) is 0 Å². The minimum absolute atomic E-state index is 0.220. The van der Waals surface area contributed by atoms with Gasteiger partial charge in [-0.05, 0) is 18.1 Å². The first-order valence-corrected chi connectivity index (χ1v) is 5.27. The highest BCUT2D eigenvalue weighted by Gasteiger charge is 2.25. The number of fused-ring (bicyclic) bond motifs is 3. The van der Waals surface area contributed by atoms with Crippen LogP contribution in [0.25, 0.3) is 11.0 Å². The lowest BCUT2D eigenvalue weighted by atomic mass is 10.1. The number of nitrogens with zero attached hydrogens (tertiary/aromatic N) is 3. The van der Waals surface area contributed by atoms with Gasteiger partial charge >= 0.3 is 0 Å². The molecule has 15 heavy (non-hydrogen) atoms. The van der Waals surface area contributed by atoms with Crippen molar-refractivity contribution < 1.29 is 0 Å². The molecule has 3 heteroatoms. The van der Waals surface area contributed by atoms with Crippen LogP contribution in [0.5, 0.6) is 0 Å². The summed E-state index contributed by atoms with van der Waals surface area (Å²) < 4.78 is 2.10. The van der Waals surface area contributed by atoms with Gasteiger partial charge in [0.1, 0.15) is 11.9 Å². The third-order valence-corrected chi connectivity index (χ3v) is 2.86. The fourth-order valence-electron chi connectivity index (χ4n) is 2.07. The molecule has 1 atom stereocenters. The van der Waals surface area contributed by atoms with Gasteiger partial charge in [-0.1, -0.05) is 26.0 Å². The van der Waals surface area contributed by atoms with E-state index in [9.17, 15) is 0 Å². The highest BCUT2D eigenvalue weighted by atomic mass is 15.2. The number of aliphatic imine (C=N–C) groups is 1. The third-order valence-electron chi connectivity index (χ3n) is 2.86. The quantitative estimate of drug-likeness (QED) is 0.694. The normalized spacial score (nSPS) is 19.0. The van der Waals surface area contributed by atoms with Gasteiger partial charge in [-0.25, -0.2) is 4.98 Å². The van der Waals surface area contributed by atoms with Crippen molar-refractivity contribution in [3.63, 3.8) is 0 Å². The highest BCUT2D eigenvalue weighted by molar-refractivity contribution is 5.85. The Balaban J connectivity index is 2.26. The van der Waals surface area contributed by atoms with Crippen molar-refractivity contribution in [3.05, 3.63) is 30.1 Å². The molecule has 0 amide bonds. The summed E-state index contributed by atoms with van der Waals surface area (Å²) >= 11 is 0. The molecule has 0 bridgehead atoms. The third kappa shape index (κ3) is 1.12. The second kappa shape index (κ2) is 2.92. The van der Waals surface area contributed by atoms with Crippen LogP contribution in [0.3, 0.4) is 0 Å². The van der Waals surface area contributed by atoms with Crippen LogP contribution in [0, 0.1) is 5.92 Å². The van der Waals surface area contributed by atoms with E-state index in [-0.39, 0.29) is 6.04 Å². The molecular weight excluding hydrogens is 186 g/mol. The number of hydrogen-bond acceptors (Lipinski definition) is 2. The van der Waals surface area contributed by atoms with Crippen molar-refractivity contribution >= 4 is 17.4 Å². The van der Waals surface area contributed by atoms with Crippen LogP contribution in [-0.2, 0) is 0 Å². The molecule has 0 fully saturated rings. The molecule has 2 aromatic rings. The maximum atomic E-state index is 4.63. The monoisotopic (exact) mass is 199 g/mol. The van der Waals surface area contributed by atoms with E-state index in [1.165, 1.54) is 0 Å². The summed E-state index contributed by atoms with van der Waals surface area (Å²) in [4.78, 5) is 9.12. The standard InChI is InChI=1S/C12H13N3/c1-8(2)11-12-14-9-5-3-4-6-10(9)15(12)7-13-11/h3-8,11H,1-2H3. The second-order valence-corrected chi connectivity index (χ2v) is 4.28. The average molecular weight is 199 g/mol. The van der Waals surface area contributed by atoms with Crippen molar-refractivity contribution in [2.45, 2.75) is 19.9 Å². The molecular formula is C12H13N3. The zero-order valence-electron chi connectivity index (χ0n) is 8.88. The van der Waals surface area contributed by atoms with E-state index in [0.29, 0.717) is 5.92 Å². The first-order chi connectivity index (χ1) is 7.27. The topological polar surface area (TPSA) is 30.2 Å². The van der Waals surface area contributed by atoms with Crippen molar-refractivity contribution in [3.8, 4) is 0 Å². The molecule has 0 saturated heterocycles. The Morgan fingerprint density at radius 3 is 2.87 bits per heavy atom. The van der Waals surface area contributed by atoms with Crippen LogP contribution in [0.15, 0.2) is 29.3 Å². The molecule has 76 valence electrons. The Bertz CT molecular complexity index is 537. The van der Waals surface area contributed by atoms with Crippen LogP contribution in [0.4, 0.5) is 0 Å². The van der Waals surface area contributed by atoms with E-state index in [0.717, 1.165) is 16.9 Å². The number of hydrogen-bond donors (Lipinski definition) is 0. The molecule has 2 heterocycles. The summed E-state index contributed by atoms with van der Waals surface area (Å²) in [6, 6.07) is 8.41. The first-order valence-electron chi connectivity index (χ1n) is 5.27. The number of benzene rings is 1. The summed E-state index contributed by atoms with van der Waals surface area (Å²) in [6.07, 6.45) is 1.90. The van der Waals surface area contributed by atoms with Gasteiger partial charge < -0.3 is 0 Å². The van der Waals surface area contributed by atoms with Crippen LogP contribution < -0.4 is 0 Å². The first kappa shape index (κ1) is 8.65. The zero-order valence-corrected chi connectivity index (χ0v) is 8.88. The van der Waals surface area contributed by atoms with E-state index in [4.69, 9.17) is 0 Å². The van der Waals surface area contributed by atoms with Crippen LogP contribution in [0.2, 0.25) is 0 Å².